The molecule has 0 fully saturated rings. The fourth-order valence-corrected chi connectivity index (χ4v) is 2.65. The van der Waals surface area contributed by atoms with Crippen LogP contribution in [0.25, 0.3) is 5.69 Å². The lowest BCUT2D eigenvalue weighted by Gasteiger charge is -2.11. The summed E-state index contributed by atoms with van der Waals surface area (Å²) in [6, 6.07) is 15.8. The molecule has 1 N–H and O–H groups in total. The number of hydrogen-bond acceptors (Lipinski definition) is 2. The third kappa shape index (κ3) is 2.88. The molecule has 0 aliphatic rings. The van der Waals surface area contributed by atoms with Crippen LogP contribution in [-0.4, -0.2) is 15.7 Å². The van der Waals surface area contributed by atoms with Crippen molar-refractivity contribution >= 4 is 11.6 Å². The number of rotatable bonds is 3. The molecule has 0 saturated heterocycles. The highest BCUT2D eigenvalue weighted by molar-refractivity contribution is 6.05. The fourth-order valence-electron chi connectivity index (χ4n) is 2.65. The molecule has 1 heterocycles. The van der Waals surface area contributed by atoms with Gasteiger partial charge in [-0.1, -0.05) is 36.4 Å². The second-order valence-corrected chi connectivity index (χ2v) is 5.61. The number of carbonyl (C=O) groups excluding carboxylic acids is 1. The minimum absolute atomic E-state index is 0.137. The van der Waals surface area contributed by atoms with E-state index in [9.17, 15) is 4.79 Å². The molecular formula is C19H19N3O. The lowest BCUT2D eigenvalue weighted by molar-refractivity contribution is 0.102. The van der Waals surface area contributed by atoms with Crippen LogP contribution in [0.1, 0.15) is 27.2 Å². The Labute approximate surface area is 135 Å². The summed E-state index contributed by atoms with van der Waals surface area (Å²) in [4.78, 5) is 12.6. The van der Waals surface area contributed by atoms with Crippen LogP contribution in [0.2, 0.25) is 0 Å². The molecule has 116 valence electrons. The summed E-state index contributed by atoms with van der Waals surface area (Å²) < 4.78 is 1.78. The summed E-state index contributed by atoms with van der Waals surface area (Å²) in [5.41, 5.74) is 5.30. The molecule has 0 aliphatic carbocycles. The second kappa shape index (κ2) is 6.08. The van der Waals surface area contributed by atoms with E-state index < -0.39 is 0 Å². The number of amides is 1. The Bertz CT molecular complexity index is 830. The third-order valence-electron chi connectivity index (χ3n) is 3.97. The monoisotopic (exact) mass is 305 g/mol. The summed E-state index contributed by atoms with van der Waals surface area (Å²) in [5.74, 6) is -0.137. The first-order chi connectivity index (χ1) is 11.1. The number of nitrogens with zero attached hydrogens (tertiary/aromatic N) is 2. The van der Waals surface area contributed by atoms with Crippen LogP contribution in [0.3, 0.4) is 0 Å². The molecule has 3 rings (SSSR count). The highest BCUT2D eigenvalue weighted by Crippen LogP contribution is 2.21. The zero-order chi connectivity index (χ0) is 16.4. The SMILES string of the molecule is Cc1cccc(C)c1NC(=O)c1cnn(-c2ccccc2)c1C. The number of benzene rings is 2. The molecule has 23 heavy (non-hydrogen) atoms. The average Bonchev–Trinajstić information content (AvgIpc) is 2.93. The molecule has 1 aromatic heterocycles. The highest BCUT2D eigenvalue weighted by atomic mass is 16.1. The smallest absolute Gasteiger partial charge is 0.259 e. The van der Waals surface area contributed by atoms with Gasteiger partial charge in [-0.05, 0) is 44.0 Å². The minimum atomic E-state index is -0.137. The topological polar surface area (TPSA) is 46.9 Å². The third-order valence-corrected chi connectivity index (χ3v) is 3.97. The van der Waals surface area contributed by atoms with Gasteiger partial charge in [-0.25, -0.2) is 4.68 Å². The van der Waals surface area contributed by atoms with Crippen molar-refractivity contribution in [3.8, 4) is 5.69 Å². The predicted octanol–water partition coefficient (Wildman–Crippen LogP) is 4.05. The van der Waals surface area contributed by atoms with Crippen molar-refractivity contribution in [3.63, 3.8) is 0 Å². The summed E-state index contributed by atoms with van der Waals surface area (Å²) in [7, 11) is 0. The number of aromatic nitrogens is 2. The van der Waals surface area contributed by atoms with Gasteiger partial charge >= 0.3 is 0 Å². The Morgan fingerprint density at radius 2 is 1.61 bits per heavy atom. The number of anilines is 1. The van der Waals surface area contributed by atoms with Gasteiger partial charge in [0.05, 0.1) is 23.1 Å². The Morgan fingerprint density at radius 3 is 2.26 bits per heavy atom. The molecular weight excluding hydrogens is 286 g/mol. The molecule has 1 amide bonds. The van der Waals surface area contributed by atoms with E-state index in [1.54, 1.807) is 10.9 Å². The zero-order valence-electron chi connectivity index (χ0n) is 13.5. The standard InChI is InChI=1S/C19H19N3O/c1-13-8-7-9-14(2)18(13)21-19(23)17-12-20-22(15(17)3)16-10-5-4-6-11-16/h4-12H,1-3H3,(H,21,23). The van der Waals surface area contributed by atoms with Crippen molar-refractivity contribution in [1.82, 2.24) is 9.78 Å². The van der Waals surface area contributed by atoms with E-state index in [1.165, 1.54) is 0 Å². The first kappa shape index (κ1) is 15.0. The van der Waals surface area contributed by atoms with Crippen molar-refractivity contribution in [3.05, 3.63) is 77.1 Å². The molecule has 3 aromatic rings. The maximum atomic E-state index is 12.6. The van der Waals surface area contributed by atoms with Crippen LogP contribution in [0, 0.1) is 20.8 Å². The molecule has 0 bridgehead atoms. The Hall–Kier alpha value is -2.88. The molecule has 0 atom stereocenters. The maximum Gasteiger partial charge on any atom is 0.259 e. The molecule has 0 aliphatic heterocycles. The van der Waals surface area contributed by atoms with Crippen molar-refractivity contribution < 1.29 is 4.79 Å². The molecule has 0 unspecified atom stereocenters. The van der Waals surface area contributed by atoms with E-state index >= 15 is 0 Å². The van der Waals surface area contributed by atoms with E-state index in [-0.39, 0.29) is 5.91 Å². The zero-order valence-corrected chi connectivity index (χ0v) is 13.5. The minimum Gasteiger partial charge on any atom is -0.321 e. The van der Waals surface area contributed by atoms with Gasteiger partial charge in [0, 0.05) is 5.69 Å². The second-order valence-electron chi connectivity index (χ2n) is 5.61. The highest BCUT2D eigenvalue weighted by Gasteiger charge is 2.16. The molecule has 2 aromatic carbocycles. The Kier molecular flexibility index (Phi) is 3.98. The van der Waals surface area contributed by atoms with Gasteiger partial charge in [0.25, 0.3) is 5.91 Å². The van der Waals surface area contributed by atoms with Crippen LogP contribution in [0.4, 0.5) is 5.69 Å². The summed E-state index contributed by atoms with van der Waals surface area (Å²) in [5, 5.41) is 7.36. The maximum absolute atomic E-state index is 12.6. The van der Waals surface area contributed by atoms with E-state index in [1.807, 2.05) is 69.3 Å². The van der Waals surface area contributed by atoms with Gasteiger partial charge in [-0.15, -0.1) is 0 Å². The van der Waals surface area contributed by atoms with Crippen LogP contribution in [-0.2, 0) is 0 Å². The number of hydrogen-bond donors (Lipinski definition) is 1. The van der Waals surface area contributed by atoms with Crippen LogP contribution < -0.4 is 5.32 Å². The Morgan fingerprint density at radius 1 is 0.957 bits per heavy atom. The summed E-state index contributed by atoms with van der Waals surface area (Å²) in [6.07, 6.45) is 1.62. The summed E-state index contributed by atoms with van der Waals surface area (Å²) in [6.45, 7) is 5.88. The van der Waals surface area contributed by atoms with Crippen molar-refractivity contribution in [2.24, 2.45) is 0 Å². The molecule has 4 nitrogen and oxygen atoms in total. The van der Waals surface area contributed by atoms with Gasteiger partial charge in [-0.2, -0.15) is 5.10 Å². The quantitative estimate of drug-likeness (QED) is 0.793. The van der Waals surface area contributed by atoms with Crippen molar-refractivity contribution in [2.75, 3.05) is 5.32 Å². The average molecular weight is 305 g/mol. The lowest BCUT2D eigenvalue weighted by Crippen LogP contribution is -2.14. The Balaban J connectivity index is 1.91. The first-order valence-electron chi connectivity index (χ1n) is 7.55. The van der Waals surface area contributed by atoms with Gasteiger partial charge in [0.15, 0.2) is 0 Å². The normalized spacial score (nSPS) is 10.6. The van der Waals surface area contributed by atoms with Gasteiger partial charge in [-0.3, -0.25) is 4.79 Å². The van der Waals surface area contributed by atoms with E-state index in [4.69, 9.17) is 0 Å². The first-order valence-corrected chi connectivity index (χ1v) is 7.55. The van der Waals surface area contributed by atoms with E-state index in [0.29, 0.717) is 5.56 Å². The number of carbonyl (C=O) groups is 1. The number of nitrogens with one attached hydrogen (secondary N) is 1. The summed E-state index contributed by atoms with van der Waals surface area (Å²) >= 11 is 0. The molecule has 0 saturated carbocycles. The van der Waals surface area contributed by atoms with Crippen LogP contribution in [0.15, 0.2) is 54.7 Å². The number of para-hydroxylation sites is 2. The van der Waals surface area contributed by atoms with Gasteiger partial charge in [0.2, 0.25) is 0 Å². The van der Waals surface area contributed by atoms with Crippen molar-refractivity contribution in [1.29, 1.82) is 0 Å². The molecule has 0 radical (unpaired) electrons. The largest absolute Gasteiger partial charge is 0.321 e. The van der Waals surface area contributed by atoms with Crippen LogP contribution >= 0.6 is 0 Å². The molecule has 0 spiro atoms. The van der Waals surface area contributed by atoms with Gasteiger partial charge in [0.1, 0.15) is 0 Å². The van der Waals surface area contributed by atoms with Crippen LogP contribution in [0.5, 0.6) is 0 Å². The molecule has 4 heteroatoms. The van der Waals surface area contributed by atoms with E-state index in [0.717, 1.165) is 28.2 Å². The fraction of sp³-hybridized carbons (Fsp3) is 0.158. The predicted molar refractivity (Wildman–Crippen MR) is 92.2 cm³/mol. The lowest BCUT2D eigenvalue weighted by atomic mass is 10.1. The van der Waals surface area contributed by atoms with E-state index in [2.05, 4.69) is 10.4 Å². The van der Waals surface area contributed by atoms with Gasteiger partial charge < -0.3 is 5.32 Å². The number of aryl methyl sites for hydroxylation is 2. The van der Waals surface area contributed by atoms with Crippen molar-refractivity contribution in [2.45, 2.75) is 20.8 Å².